The van der Waals surface area contributed by atoms with Crippen LogP contribution in [-0.4, -0.2) is 54.2 Å². The first-order valence-corrected chi connectivity index (χ1v) is 9.03. The van der Waals surface area contributed by atoms with Crippen molar-refractivity contribution in [3.05, 3.63) is 46.8 Å². The standard InChI is InChI=1S/C18H22N6O2/c25-24(26)16-17(22-8-4-5-9-22)19-14-20-18(16)23-12-10-21(11-13-23)15-6-2-1-3-7-15/h1-3,6-7,14H,4-5,8-13H2. The fourth-order valence-corrected chi connectivity index (χ4v) is 3.73. The maximum atomic E-state index is 11.8. The number of nitro groups is 1. The van der Waals surface area contributed by atoms with Gasteiger partial charge in [0.25, 0.3) is 0 Å². The van der Waals surface area contributed by atoms with E-state index in [1.54, 1.807) is 0 Å². The zero-order chi connectivity index (χ0) is 17.9. The predicted molar refractivity (Wildman–Crippen MR) is 101 cm³/mol. The Morgan fingerprint density at radius 1 is 0.808 bits per heavy atom. The fourth-order valence-electron chi connectivity index (χ4n) is 3.73. The van der Waals surface area contributed by atoms with Gasteiger partial charge in [0.05, 0.1) is 4.92 Å². The van der Waals surface area contributed by atoms with Gasteiger partial charge in [-0.25, -0.2) is 9.97 Å². The lowest BCUT2D eigenvalue weighted by Crippen LogP contribution is -2.47. The van der Waals surface area contributed by atoms with E-state index in [2.05, 4.69) is 27.0 Å². The van der Waals surface area contributed by atoms with Gasteiger partial charge in [-0.1, -0.05) is 18.2 Å². The molecule has 0 saturated carbocycles. The van der Waals surface area contributed by atoms with Gasteiger partial charge in [-0.15, -0.1) is 0 Å². The zero-order valence-corrected chi connectivity index (χ0v) is 14.6. The highest BCUT2D eigenvalue weighted by atomic mass is 16.6. The molecule has 2 aliphatic heterocycles. The number of rotatable bonds is 4. The molecule has 0 spiro atoms. The molecule has 2 fully saturated rings. The molecular formula is C18H22N6O2. The summed E-state index contributed by atoms with van der Waals surface area (Å²) < 4.78 is 0. The minimum atomic E-state index is -0.327. The molecule has 2 aromatic rings. The third kappa shape index (κ3) is 3.14. The van der Waals surface area contributed by atoms with Gasteiger partial charge in [-0.3, -0.25) is 10.1 Å². The first-order valence-electron chi connectivity index (χ1n) is 9.03. The third-order valence-corrected chi connectivity index (χ3v) is 5.07. The Balaban J connectivity index is 1.56. The molecule has 3 heterocycles. The second-order valence-electron chi connectivity index (χ2n) is 6.63. The molecule has 4 rings (SSSR count). The van der Waals surface area contributed by atoms with Crippen molar-refractivity contribution in [3.63, 3.8) is 0 Å². The molecule has 2 saturated heterocycles. The lowest BCUT2D eigenvalue weighted by atomic mass is 10.2. The van der Waals surface area contributed by atoms with Crippen molar-refractivity contribution in [1.82, 2.24) is 9.97 Å². The van der Waals surface area contributed by atoms with Gasteiger partial charge in [-0.05, 0) is 25.0 Å². The average Bonchev–Trinajstić information content (AvgIpc) is 3.23. The van der Waals surface area contributed by atoms with Crippen molar-refractivity contribution < 1.29 is 4.92 Å². The summed E-state index contributed by atoms with van der Waals surface area (Å²) in [6.45, 7) is 4.66. The van der Waals surface area contributed by atoms with Crippen molar-refractivity contribution in [2.24, 2.45) is 0 Å². The van der Waals surface area contributed by atoms with Crippen molar-refractivity contribution in [2.75, 3.05) is 54.0 Å². The molecular weight excluding hydrogens is 332 g/mol. The lowest BCUT2D eigenvalue weighted by molar-refractivity contribution is -0.383. The van der Waals surface area contributed by atoms with Gasteiger partial charge in [-0.2, -0.15) is 0 Å². The van der Waals surface area contributed by atoms with Crippen molar-refractivity contribution in [3.8, 4) is 0 Å². The zero-order valence-electron chi connectivity index (χ0n) is 14.6. The fraction of sp³-hybridized carbons (Fsp3) is 0.444. The number of hydrogen-bond acceptors (Lipinski definition) is 7. The minimum absolute atomic E-state index is 0.0440. The van der Waals surface area contributed by atoms with Crippen LogP contribution in [0.15, 0.2) is 36.7 Å². The molecule has 26 heavy (non-hydrogen) atoms. The van der Waals surface area contributed by atoms with E-state index in [0.717, 1.165) is 39.0 Å². The van der Waals surface area contributed by atoms with Gasteiger partial charge < -0.3 is 14.7 Å². The summed E-state index contributed by atoms with van der Waals surface area (Å²) >= 11 is 0. The summed E-state index contributed by atoms with van der Waals surface area (Å²) in [6, 6.07) is 10.2. The number of anilines is 3. The smallest absolute Gasteiger partial charge is 0.353 e. The average molecular weight is 354 g/mol. The number of benzene rings is 1. The number of piperazine rings is 1. The number of para-hydroxylation sites is 1. The van der Waals surface area contributed by atoms with Gasteiger partial charge in [0.1, 0.15) is 6.33 Å². The Labute approximate surface area is 152 Å². The Morgan fingerprint density at radius 2 is 1.35 bits per heavy atom. The van der Waals surface area contributed by atoms with Crippen molar-refractivity contribution in [1.29, 1.82) is 0 Å². The van der Waals surface area contributed by atoms with E-state index in [4.69, 9.17) is 0 Å². The van der Waals surface area contributed by atoms with E-state index in [1.807, 2.05) is 28.0 Å². The Hall–Kier alpha value is -2.90. The highest BCUT2D eigenvalue weighted by molar-refractivity contribution is 5.72. The Morgan fingerprint density at radius 3 is 1.92 bits per heavy atom. The monoisotopic (exact) mass is 354 g/mol. The summed E-state index contributed by atoms with van der Waals surface area (Å²) in [6.07, 6.45) is 3.55. The first kappa shape index (κ1) is 16.6. The topological polar surface area (TPSA) is 78.6 Å². The summed E-state index contributed by atoms with van der Waals surface area (Å²) in [4.78, 5) is 26.3. The predicted octanol–water partition coefficient (Wildman–Crippen LogP) is 2.31. The molecule has 0 N–H and O–H groups in total. The van der Waals surface area contributed by atoms with E-state index in [0.29, 0.717) is 24.7 Å². The summed E-state index contributed by atoms with van der Waals surface area (Å²) in [5.41, 5.74) is 1.23. The Kier molecular flexibility index (Phi) is 4.55. The third-order valence-electron chi connectivity index (χ3n) is 5.07. The summed E-state index contributed by atoms with van der Waals surface area (Å²) in [5, 5.41) is 11.8. The highest BCUT2D eigenvalue weighted by Crippen LogP contribution is 2.36. The molecule has 2 aliphatic rings. The van der Waals surface area contributed by atoms with Crippen LogP contribution in [0.4, 0.5) is 23.0 Å². The largest absolute Gasteiger partial charge is 0.368 e. The van der Waals surface area contributed by atoms with Crippen molar-refractivity contribution in [2.45, 2.75) is 12.8 Å². The van der Waals surface area contributed by atoms with Crippen molar-refractivity contribution >= 4 is 23.0 Å². The molecule has 8 nitrogen and oxygen atoms in total. The SMILES string of the molecule is O=[N+]([O-])c1c(N2CCCC2)ncnc1N1CCN(c2ccccc2)CC1. The maximum absolute atomic E-state index is 11.8. The Bertz CT molecular complexity index is 771. The molecule has 1 aromatic carbocycles. The summed E-state index contributed by atoms with van der Waals surface area (Å²) in [5.74, 6) is 0.905. The molecule has 0 amide bonds. The van der Waals surface area contributed by atoms with Gasteiger partial charge in [0.2, 0.25) is 11.6 Å². The maximum Gasteiger partial charge on any atom is 0.353 e. The van der Waals surface area contributed by atoms with Crippen LogP contribution in [0.3, 0.4) is 0 Å². The molecule has 0 unspecified atom stereocenters. The van der Waals surface area contributed by atoms with Gasteiger partial charge in [0, 0.05) is 45.0 Å². The van der Waals surface area contributed by atoms with Crippen LogP contribution in [0.25, 0.3) is 0 Å². The molecule has 1 aromatic heterocycles. The van der Waals surface area contributed by atoms with E-state index in [-0.39, 0.29) is 10.6 Å². The molecule has 0 radical (unpaired) electrons. The van der Waals surface area contributed by atoms with Crippen LogP contribution in [0.1, 0.15) is 12.8 Å². The normalized spacial score (nSPS) is 17.6. The minimum Gasteiger partial charge on any atom is -0.368 e. The van der Waals surface area contributed by atoms with E-state index < -0.39 is 0 Å². The van der Waals surface area contributed by atoms with Crippen LogP contribution in [-0.2, 0) is 0 Å². The lowest BCUT2D eigenvalue weighted by Gasteiger charge is -2.36. The van der Waals surface area contributed by atoms with Crippen LogP contribution in [0, 0.1) is 10.1 Å². The quantitative estimate of drug-likeness (QED) is 0.616. The second kappa shape index (κ2) is 7.15. The van der Waals surface area contributed by atoms with E-state index >= 15 is 0 Å². The number of hydrogen-bond donors (Lipinski definition) is 0. The van der Waals surface area contributed by atoms with Gasteiger partial charge >= 0.3 is 5.69 Å². The first-order chi connectivity index (χ1) is 12.7. The molecule has 0 atom stereocenters. The van der Waals surface area contributed by atoms with Crippen LogP contribution in [0.5, 0.6) is 0 Å². The van der Waals surface area contributed by atoms with E-state index in [1.165, 1.54) is 12.0 Å². The van der Waals surface area contributed by atoms with E-state index in [9.17, 15) is 10.1 Å². The van der Waals surface area contributed by atoms with Crippen LogP contribution in [0.2, 0.25) is 0 Å². The number of aromatic nitrogens is 2. The molecule has 136 valence electrons. The molecule has 0 aliphatic carbocycles. The van der Waals surface area contributed by atoms with Gasteiger partial charge in [0.15, 0.2) is 0 Å². The summed E-state index contributed by atoms with van der Waals surface area (Å²) in [7, 11) is 0. The number of nitrogens with zero attached hydrogens (tertiary/aromatic N) is 6. The molecule has 0 bridgehead atoms. The molecule has 8 heteroatoms. The van der Waals surface area contributed by atoms with Crippen LogP contribution >= 0.6 is 0 Å². The highest BCUT2D eigenvalue weighted by Gasteiger charge is 2.32. The second-order valence-corrected chi connectivity index (χ2v) is 6.63. The van der Waals surface area contributed by atoms with Crippen LogP contribution < -0.4 is 14.7 Å².